The molecule has 1 N–H and O–H groups in total. The van der Waals surface area contributed by atoms with Gasteiger partial charge in [0.05, 0.1) is 0 Å². The van der Waals surface area contributed by atoms with Crippen molar-refractivity contribution in [3.63, 3.8) is 0 Å². The molecule has 16 heavy (non-hydrogen) atoms. The fourth-order valence-corrected chi connectivity index (χ4v) is 1.94. The zero-order chi connectivity index (χ0) is 11.4. The summed E-state index contributed by atoms with van der Waals surface area (Å²) in [6.45, 7) is 5.88. The molecule has 0 amide bonds. The molecule has 1 heteroatoms. The Bertz CT molecular complexity index is 313. The molecule has 1 saturated carbocycles. The monoisotopic (exact) mass is 217 g/mol. The molecule has 1 fully saturated rings. The van der Waals surface area contributed by atoms with Gasteiger partial charge in [-0.1, -0.05) is 37.3 Å². The van der Waals surface area contributed by atoms with Crippen molar-refractivity contribution >= 4 is 0 Å². The van der Waals surface area contributed by atoms with E-state index in [2.05, 4.69) is 49.5 Å². The molecule has 1 aromatic carbocycles. The van der Waals surface area contributed by atoms with Crippen molar-refractivity contribution in [2.75, 3.05) is 6.54 Å². The van der Waals surface area contributed by atoms with Crippen LogP contribution in [0.15, 0.2) is 30.3 Å². The molecule has 0 spiro atoms. The van der Waals surface area contributed by atoms with Gasteiger partial charge in [0, 0.05) is 12.6 Å². The molecule has 2 rings (SSSR count). The van der Waals surface area contributed by atoms with Crippen molar-refractivity contribution in [1.29, 1.82) is 0 Å². The predicted octanol–water partition coefficient (Wildman–Crippen LogP) is 3.40. The number of nitrogens with one attached hydrogen (secondary N) is 1. The van der Waals surface area contributed by atoms with E-state index in [1.807, 2.05) is 0 Å². The Kier molecular flexibility index (Phi) is 3.65. The lowest BCUT2D eigenvalue weighted by Gasteiger charge is -2.16. The summed E-state index contributed by atoms with van der Waals surface area (Å²) in [7, 11) is 0. The first-order valence-electron chi connectivity index (χ1n) is 6.45. The van der Waals surface area contributed by atoms with Crippen LogP contribution in [-0.4, -0.2) is 12.6 Å². The highest BCUT2D eigenvalue weighted by Gasteiger charge is 2.36. The zero-order valence-corrected chi connectivity index (χ0v) is 10.5. The second-order valence-electron chi connectivity index (χ2n) is 5.62. The summed E-state index contributed by atoms with van der Waals surface area (Å²) < 4.78 is 0. The van der Waals surface area contributed by atoms with Gasteiger partial charge in [-0.05, 0) is 43.6 Å². The molecule has 1 aromatic rings. The van der Waals surface area contributed by atoms with Gasteiger partial charge in [0.2, 0.25) is 0 Å². The van der Waals surface area contributed by atoms with Crippen LogP contribution >= 0.6 is 0 Å². The van der Waals surface area contributed by atoms with Crippen molar-refractivity contribution in [3.8, 4) is 0 Å². The summed E-state index contributed by atoms with van der Waals surface area (Å²) in [6, 6.07) is 11.4. The lowest BCUT2D eigenvalue weighted by molar-refractivity contribution is 0.434. The summed E-state index contributed by atoms with van der Waals surface area (Å²) in [5.41, 5.74) is 2.08. The molecule has 0 aliphatic heterocycles. The topological polar surface area (TPSA) is 12.0 Å². The summed E-state index contributed by atoms with van der Waals surface area (Å²) >= 11 is 0. The Balaban J connectivity index is 1.65. The highest BCUT2D eigenvalue weighted by Crippen LogP contribution is 2.44. The predicted molar refractivity (Wildman–Crippen MR) is 69.6 cm³/mol. The van der Waals surface area contributed by atoms with Crippen LogP contribution in [0.25, 0.3) is 0 Å². The van der Waals surface area contributed by atoms with Crippen LogP contribution in [0, 0.1) is 5.41 Å². The highest BCUT2D eigenvalue weighted by molar-refractivity contribution is 5.14. The van der Waals surface area contributed by atoms with Gasteiger partial charge in [0.15, 0.2) is 0 Å². The van der Waals surface area contributed by atoms with Gasteiger partial charge >= 0.3 is 0 Å². The Labute approximate surface area is 99.3 Å². The minimum atomic E-state index is 0.626. The Morgan fingerprint density at radius 3 is 2.56 bits per heavy atom. The molecule has 0 saturated heterocycles. The highest BCUT2D eigenvalue weighted by atomic mass is 14.9. The average Bonchev–Trinajstić information content (AvgIpc) is 3.04. The Hall–Kier alpha value is -0.820. The summed E-state index contributed by atoms with van der Waals surface area (Å²) in [5, 5.41) is 3.66. The van der Waals surface area contributed by atoms with E-state index in [1.165, 1.54) is 37.8 Å². The lowest BCUT2D eigenvalue weighted by Crippen LogP contribution is -2.31. The maximum Gasteiger partial charge on any atom is 0.00421 e. The number of hydrogen-bond donors (Lipinski definition) is 1. The van der Waals surface area contributed by atoms with E-state index in [-0.39, 0.29) is 0 Å². The smallest absolute Gasteiger partial charge is 0.00421 e. The maximum atomic E-state index is 3.66. The van der Waals surface area contributed by atoms with Crippen molar-refractivity contribution in [1.82, 2.24) is 5.32 Å². The SMILES string of the molecule is CC(CCc1ccccc1)NCC1(C)CC1. The van der Waals surface area contributed by atoms with E-state index in [4.69, 9.17) is 0 Å². The van der Waals surface area contributed by atoms with Gasteiger partial charge in [-0.25, -0.2) is 0 Å². The van der Waals surface area contributed by atoms with Crippen molar-refractivity contribution in [3.05, 3.63) is 35.9 Å². The van der Waals surface area contributed by atoms with Gasteiger partial charge < -0.3 is 5.32 Å². The maximum absolute atomic E-state index is 3.66. The first kappa shape index (κ1) is 11.7. The zero-order valence-electron chi connectivity index (χ0n) is 10.5. The number of rotatable bonds is 6. The molecular formula is C15H23N. The molecule has 1 unspecified atom stereocenters. The molecule has 0 heterocycles. The van der Waals surface area contributed by atoms with E-state index >= 15 is 0 Å². The number of aryl methyl sites for hydroxylation is 1. The van der Waals surface area contributed by atoms with Crippen molar-refractivity contribution in [2.24, 2.45) is 5.41 Å². The second-order valence-corrected chi connectivity index (χ2v) is 5.62. The van der Waals surface area contributed by atoms with E-state index in [1.54, 1.807) is 0 Å². The van der Waals surface area contributed by atoms with E-state index in [0.717, 1.165) is 0 Å². The number of hydrogen-bond acceptors (Lipinski definition) is 1. The molecule has 0 bridgehead atoms. The number of benzene rings is 1. The van der Waals surface area contributed by atoms with Crippen LogP contribution < -0.4 is 5.32 Å². The lowest BCUT2D eigenvalue weighted by atomic mass is 10.1. The normalized spacial score (nSPS) is 19.4. The third-order valence-corrected chi connectivity index (χ3v) is 3.69. The molecule has 0 aromatic heterocycles. The van der Waals surface area contributed by atoms with Gasteiger partial charge in [0.25, 0.3) is 0 Å². The Morgan fingerprint density at radius 2 is 1.94 bits per heavy atom. The molecule has 1 atom stereocenters. The summed E-state index contributed by atoms with van der Waals surface area (Å²) in [4.78, 5) is 0. The summed E-state index contributed by atoms with van der Waals surface area (Å²) in [5.74, 6) is 0. The first-order valence-corrected chi connectivity index (χ1v) is 6.45. The average molecular weight is 217 g/mol. The van der Waals surface area contributed by atoms with E-state index < -0.39 is 0 Å². The standard InChI is InChI=1S/C15H23N/c1-13(16-12-15(2)10-11-15)8-9-14-6-4-3-5-7-14/h3-7,13,16H,8-12H2,1-2H3. The summed E-state index contributed by atoms with van der Waals surface area (Å²) in [6.07, 6.45) is 5.24. The van der Waals surface area contributed by atoms with Crippen LogP contribution in [-0.2, 0) is 6.42 Å². The van der Waals surface area contributed by atoms with Gasteiger partial charge in [-0.3, -0.25) is 0 Å². The van der Waals surface area contributed by atoms with Crippen LogP contribution in [0.2, 0.25) is 0 Å². The molecule has 1 aliphatic carbocycles. The van der Waals surface area contributed by atoms with Gasteiger partial charge in [-0.15, -0.1) is 0 Å². The minimum Gasteiger partial charge on any atom is -0.314 e. The molecule has 1 nitrogen and oxygen atoms in total. The molecule has 88 valence electrons. The van der Waals surface area contributed by atoms with Crippen LogP contribution in [0.3, 0.4) is 0 Å². The fraction of sp³-hybridized carbons (Fsp3) is 0.600. The van der Waals surface area contributed by atoms with Gasteiger partial charge in [-0.2, -0.15) is 0 Å². The minimum absolute atomic E-state index is 0.626. The van der Waals surface area contributed by atoms with E-state index in [0.29, 0.717) is 11.5 Å². The first-order chi connectivity index (χ1) is 7.68. The van der Waals surface area contributed by atoms with Crippen LogP contribution in [0.4, 0.5) is 0 Å². The fourth-order valence-electron chi connectivity index (χ4n) is 1.94. The van der Waals surface area contributed by atoms with E-state index in [9.17, 15) is 0 Å². The Morgan fingerprint density at radius 1 is 1.25 bits per heavy atom. The van der Waals surface area contributed by atoms with Crippen LogP contribution in [0.5, 0.6) is 0 Å². The van der Waals surface area contributed by atoms with Gasteiger partial charge in [0.1, 0.15) is 0 Å². The largest absolute Gasteiger partial charge is 0.314 e. The van der Waals surface area contributed by atoms with Crippen LogP contribution in [0.1, 0.15) is 38.7 Å². The molecule has 0 radical (unpaired) electrons. The quantitative estimate of drug-likeness (QED) is 0.770. The molecular weight excluding hydrogens is 194 g/mol. The third kappa shape index (κ3) is 3.64. The van der Waals surface area contributed by atoms with Crippen molar-refractivity contribution < 1.29 is 0 Å². The second kappa shape index (κ2) is 5.01. The van der Waals surface area contributed by atoms with Crippen molar-refractivity contribution in [2.45, 2.75) is 45.6 Å². The molecule has 1 aliphatic rings. The third-order valence-electron chi connectivity index (χ3n) is 3.69.